The highest BCUT2D eigenvalue weighted by atomic mass is 79.9. The number of hydrogen-bond donors (Lipinski definition) is 2. The summed E-state index contributed by atoms with van der Waals surface area (Å²) in [5.74, 6) is 0. The molecule has 0 aromatic heterocycles. The van der Waals surface area contributed by atoms with E-state index in [9.17, 15) is 8.42 Å². The monoisotopic (exact) mass is 320 g/mol. The maximum absolute atomic E-state index is 12.0. The van der Waals surface area contributed by atoms with Crippen molar-refractivity contribution in [2.45, 2.75) is 31.2 Å². The van der Waals surface area contributed by atoms with Gasteiger partial charge in [0.25, 0.3) is 0 Å². The fourth-order valence-corrected chi connectivity index (χ4v) is 3.43. The number of halogens is 1. The smallest absolute Gasteiger partial charge is 0.241 e. The second-order valence-corrected chi connectivity index (χ2v) is 6.58. The third-order valence-corrected chi connectivity index (χ3v) is 5.16. The van der Waals surface area contributed by atoms with Crippen LogP contribution >= 0.6 is 15.9 Å². The standard InChI is InChI=1S/C11H17BrN2O2S/c1-8-4-3-5-10(11(8)12)17(15,16)14-7-6-9(2)13/h3-5,9,14H,6-7,13H2,1-2H3. The van der Waals surface area contributed by atoms with Crippen LogP contribution < -0.4 is 10.5 Å². The lowest BCUT2D eigenvalue weighted by atomic mass is 10.2. The van der Waals surface area contributed by atoms with Crippen LogP contribution in [0.15, 0.2) is 27.6 Å². The van der Waals surface area contributed by atoms with Gasteiger partial charge >= 0.3 is 0 Å². The van der Waals surface area contributed by atoms with Crippen molar-refractivity contribution < 1.29 is 8.42 Å². The number of aryl methyl sites for hydroxylation is 1. The molecule has 1 atom stereocenters. The van der Waals surface area contributed by atoms with Crippen molar-refractivity contribution in [3.05, 3.63) is 28.2 Å². The van der Waals surface area contributed by atoms with Crippen molar-refractivity contribution in [1.82, 2.24) is 4.72 Å². The molecule has 0 saturated carbocycles. The lowest BCUT2D eigenvalue weighted by Crippen LogP contribution is -2.29. The Morgan fingerprint density at radius 1 is 1.47 bits per heavy atom. The van der Waals surface area contributed by atoms with Crippen molar-refractivity contribution in [1.29, 1.82) is 0 Å². The Morgan fingerprint density at radius 3 is 2.71 bits per heavy atom. The zero-order valence-corrected chi connectivity index (χ0v) is 12.3. The van der Waals surface area contributed by atoms with Gasteiger partial charge < -0.3 is 5.73 Å². The predicted octanol–water partition coefficient (Wildman–Crippen LogP) is 1.77. The molecule has 0 aliphatic carbocycles. The van der Waals surface area contributed by atoms with E-state index in [-0.39, 0.29) is 10.9 Å². The lowest BCUT2D eigenvalue weighted by molar-refractivity contribution is 0.571. The van der Waals surface area contributed by atoms with Crippen LogP contribution in [0.5, 0.6) is 0 Å². The molecule has 17 heavy (non-hydrogen) atoms. The molecule has 0 bridgehead atoms. The molecule has 1 aromatic carbocycles. The van der Waals surface area contributed by atoms with Gasteiger partial charge in [0.05, 0.1) is 4.90 Å². The Morgan fingerprint density at radius 2 is 2.12 bits per heavy atom. The van der Waals surface area contributed by atoms with E-state index in [0.29, 0.717) is 17.4 Å². The van der Waals surface area contributed by atoms with Gasteiger partial charge in [0.2, 0.25) is 10.0 Å². The van der Waals surface area contributed by atoms with Gasteiger partial charge in [-0.2, -0.15) is 0 Å². The highest BCUT2D eigenvalue weighted by molar-refractivity contribution is 9.10. The summed E-state index contributed by atoms with van der Waals surface area (Å²) in [6.07, 6.45) is 0.614. The lowest BCUT2D eigenvalue weighted by Gasteiger charge is -2.10. The Kier molecular flexibility index (Phi) is 5.12. The van der Waals surface area contributed by atoms with Crippen LogP contribution in [0.2, 0.25) is 0 Å². The predicted molar refractivity (Wildman–Crippen MR) is 72.3 cm³/mol. The fraction of sp³-hybridized carbons (Fsp3) is 0.455. The average molecular weight is 321 g/mol. The van der Waals surface area contributed by atoms with Crippen molar-refractivity contribution in [2.24, 2.45) is 5.73 Å². The molecule has 1 rings (SSSR count). The summed E-state index contributed by atoms with van der Waals surface area (Å²) in [7, 11) is -3.46. The number of nitrogens with two attached hydrogens (primary N) is 1. The van der Waals surface area contributed by atoms with E-state index in [1.165, 1.54) is 0 Å². The van der Waals surface area contributed by atoms with E-state index in [2.05, 4.69) is 20.7 Å². The molecule has 0 radical (unpaired) electrons. The summed E-state index contributed by atoms with van der Waals surface area (Å²) >= 11 is 3.29. The van der Waals surface area contributed by atoms with E-state index in [0.717, 1.165) is 5.56 Å². The Hall–Kier alpha value is -0.430. The third-order valence-electron chi connectivity index (χ3n) is 2.34. The van der Waals surface area contributed by atoms with Crippen LogP contribution in [-0.4, -0.2) is 21.0 Å². The second-order valence-electron chi connectivity index (χ2n) is 4.05. The summed E-state index contributed by atoms with van der Waals surface area (Å²) in [6.45, 7) is 4.04. The molecule has 1 aromatic rings. The van der Waals surface area contributed by atoms with Gasteiger partial charge in [-0.05, 0) is 47.8 Å². The Labute approximate surface area is 111 Å². The quantitative estimate of drug-likeness (QED) is 0.868. The minimum atomic E-state index is -3.46. The third kappa shape index (κ3) is 4.06. The second kappa shape index (κ2) is 5.95. The zero-order valence-electron chi connectivity index (χ0n) is 9.90. The minimum absolute atomic E-state index is 0.0151. The molecule has 0 fully saturated rings. The number of rotatable bonds is 5. The molecule has 1 unspecified atom stereocenters. The molecule has 0 saturated heterocycles. The molecular weight excluding hydrogens is 304 g/mol. The van der Waals surface area contributed by atoms with Gasteiger partial charge in [-0.15, -0.1) is 0 Å². The van der Waals surface area contributed by atoms with E-state index < -0.39 is 10.0 Å². The molecule has 4 nitrogen and oxygen atoms in total. The maximum atomic E-state index is 12.0. The van der Waals surface area contributed by atoms with Crippen LogP contribution in [0.3, 0.4) is 0 Å². The summed E-state index contributed by atoms with van der Waals surface area (Å²) in [4.78, 5) is 0.266. The topological polar surface area (TPSA) is 72.2 Å². The van der Waals surface area contributed by atoms with Gasteiger partial charge in [-0.3, -0.25) is 0 Å². The van der Waals surface area contributed by atoms with Crippen LogP contribution in [0.4, 0.5) is 0 Å². The SMILES string of the molecule is Cc1cccc(S(=O)(=O)NCCC(C)N)c1Br. The zero-order chi connectivity index (χ0) is 13.1. The van der Waals surface area contributed by atoms with Gasteiger partial charge in [0.15, 0.2) is 0 Å². The summed E-state index contributed by atoms with van der Waals surface area (Å²) in [5.41, 5.74) is 6.46. The molecule has 0 spiro atoms. The highest BCUT2D eigenvalue weighted by Gasteiger charge is 2.17. The van der Waals surface area contributed by atoms with E-state index >= 15 is 0 Å². The van der Waals surface area contributed by atoms with Gasteiger partial charge in [-0.25, -0.2) is 13.1 Å². The first-order valence-corrected chi connectivity index (χ1v) is 7.62. The average Bonchev–Trinajstić information content (AvgIpc) is 2.21. The molecule has 0 amide bonds. The van der Waals surface area contributed by atoms with Gasteiger partial charge in [0.1, 0.15) is 0 Å². The normalized spacial score (nSPS) is 13.6. The molecule has 0 aliphatic heterocycles. The summed E-state index contributed by atoms with van der Waals surface area (Å²) in [6, 6.07) is 5.13. The summed E-state index contributed by atoms with van der Waals surface area (Å²) in [5, 5.41) is 0. The van der Waals surface area contributed by atoms with Crippen LogP contribution in [-0.2, 0) is 10.0 Å². The first-order chi connectivity index (χ1) is 7.84. The number of hydrogen-bond acceptors (Lipinski definition) is 3. The minimum Gasteiger partial charge on any atom is -0.328 e. The van der Waals surface area contributed by atoms with Gasteiger partial charge in [-0.1, -0.05) is 12.1 Å². The van der Waals surface area contributed by atoms with Crippen molar-refractivity contribution in [3.8, 4) is 0 Å². The largest absolute Gasteiger partial charge is 0.328 e. The Bertz CT molecular complexity index is 486. The highest BCUT2D eigenvalue weighted by Crippen LogP contribution is 2.24. The number of benzene rings is 1. The van der Waals surface area contributed by atoms with Crippen LogP contribution in [0.1, 0.15) is 18.9 Å². The van der Waals surface area contributed by atoms with Crippen molar-refractivity contribution in [3.63, 3.8) is 0 Å². The fourth-order valence-electron chi connectivity index (χ4n) is 1.33. The number of nitrogens with one attached hydrogen (secondary N) is 1. The van der Waals surface area contributed by atoms with Gasteiger partial charge in [0, 0.05) is 17.1 Å². The maximum Gasteiger partial charge on any atom is 0.241 e. The molecule has 0 heterocycles. The molecular formula is C11H17BrN2O2S. The van der Waals surface area contributed by atoms with E-state index in [1.54, 1.807) is 12.1 Å². The first-order valence-electron chi connectivity index (χ1n) is 5.35. The molecule has 96 valence electrons. The first kappa shape index (κ1) is 14.6. The molecule has 6 heteroatoms. The molecule has 0 aliphatic rings. The Balaban J connectivity index is 2.87. The van der Waals surface area contributed by atoms with E-state index in [1.807, 2.05) is 19.9 Å². The molecule has 3 N–H and O–H groups in total. The summed E-state index contributed by atoms with van der Waals surface area (Å²) < 4.78 is 27.2. The van der Waals surface area contributed by atoms with Crippen LogP contribution in [0, 0.1) is 6.92 Å². The van der Waals surface area contributed by atoms with Crippen LogP contribution in [0.25, 0.3) is 0 Å². The van der Waals surface area contributed by atoms with E-state index in [4.69, 9.17) is 5.73 Å². The number of sulfonamides is 1. The van der Waals surface area contributed by atoms with Crippen molar-refractivity contribution in [2.75, 3.05) is 6.54 Å². The van der Waals surface area contributed by atoms with Crippen molar-refractivity contribution >= 4 is 26.0 Å².